The van der Waals surface area contributed by atoms with Crippen LogP contribution in [0.15, 0.2) is 35.7 Å². The fourth-order valence-corrected chi connectivity index (χ4v) is 5.36. The highest BCUT2D eigenvalue weighted by Crippen LogP contribution is 2.70. The molecule has 2 bridgehead atoms. The molecule has 1 aromatic heterocycles. The van der Waals surface area contributed by atoms with E-state index in [-0.39, 0.29) is 22.5 Å². The molecule has 25 heavy (non-hydrogen) atoms. The van der Waals surface area contributed by atoms with Gasteiger partial charge in [0.15, 0.2) is 5.13 Å². The molecule has 2 aromatic rings. The van der Waals surface area contributed by atoms with E-state index in [9.17, 15) is 9.59 Å². The average molecular weight is 354 g/mol. The van der Waals surface area contributed by atoms with Gasteiger partial charge in [-0.05, 0) is 18.3 Å². The van der Waals surface area contributed by atoms with E-state index in [1.165, 1.54) is 11.3 Å². The number of rotatable bonds is 3. The molecule has 2 fully saturated rings. The maximum atomic E-state index is 13.1. The number of carbonyl (C=O) groups is 2. The van der Waals surface area contributed by atoms with Crippen LogP contribution < -0.4 is 5.32 Å². The first-order valence-electron chi connectivity index (χ1n) is 8.66. The van der Waals surface area contributed by atoms with Crippen LogP contribution in [0.5, 0.6) is 0 Å². The second-order valence-electron chi connectivity index (χ2n) is 8.00. The Balaban J connectivity index is 1.60. The Morgan fingerprint density at radius 3 is 2.48 bits per heavy atom. The van der Waals surface area contributed by atoms with E-state index < -0.39 is 5.41 Å². The van der Waals surface area contributed by atoms with Gasteiger partial charge in [0.1, 0.15) is 5.78 Å². The SMILES string of the molecule is CC1(C)[C@]2(C(=O)Nc3nc(-c4ccccc4)cs3)CC[C@]1(C)C(=O)C2. The monoisotopic (exact) mass is 354 g/mol. The van der Waals surface area contributed by atoms with Crippen molar-refractivity contribution in [3.8, 4) is 11.3 Å². The van der Waals surface area contributed by atoms with Crippen molar-refractivity contribution in [2.45, 2.75) is 40.0 Å². The standard InChI is InChI=1S/C20H22N2O2S/c1-18(2)19(3)9-10-20(18,11-15(19)23)16(24)22-17-21-14(12-25-17)13-7-5-4-6-8-13/h4-8,12H,9-11H2,1-3H3,(H,21,22,24)/t19-,20-/m1/s1. The lowest BCUT2D eigenvalue weighted by atomic mass is 9.64. The first-order chi connectivity index (χ1) is 11.8. The second kappa shape index (κ2) is 5.24. The van der Waals surface area contributed by atoms with Gasteiger partial charge < -0.3 is 5.32 Å². The minimum absolute atomic E-state index is 0.0546. The lowest BCUT2D eigenvalue weighted by Crippen LogP contribution is -2.43. The molecular weight excluding hydrogens is 332 g/mol. The van der Waals surface area contributed by atoms with Gasteiger partial charge in [0.25, 0.3) is 0 Å². The predicted octanol–water partition coefficient (Wildman–Crippen LogP) is 4.53. The van der Waals surface area contributed by atoms with Crippen LogP contribution in [0.2, 0.25) is 0 Å². The Kier molecular flexibility index (Phi) is 3.45. The summed E-state index contributed by atoms with van der Waals surface area (Å²) in [5, 5.41) is 5.55. The van der Waals surface area contributed by atoms with Crippen molar-refractivity contribution in [3.05, 3.63) is 35.7 Å². The van der Waals surface area contributed by atoms with Gasteiger partial charge in [-0.15, -0.1) is 11.3 Å². The number of nitrogens with zero attached hydrogens (tertiary/aromatic N) is 1. The molecule has 1 aromatic carbocycles. The summed E-state index contributed by atoms with van der Waals surface area (Å²) in [5.74, 6) is 0.170. The molecule has 0 unspecified atom stereocenters. The van der Waals surface area contributed by atoms with Crippen LogP contribution >= 0.6 is 11.3 Å². The van der Waals surface area contributed by atoms with Crippen LogP contribution in [-0.2, 0) is 9.59 Å². The molecule has 4 rings (SSSR count). The molecule has 5 heteroatoms. The van der Waals surface area contributed by atoms with Crippen molar-refractivity contribution in [1.82, 2.24) is 4.98 Å². The molecular formula is C20H22N2O2S. The number of ketones is 1. The molecule has 2 aliphatic carbocycles. The molecule has 1 amide bonds. The number of aromatic nitrogens is 1. The van der Waals surface area contributed by atoms with Crippen LogP contribution in [0, 0.1) is 16.2 Å². The minimum atomic E-state index is -0.614. The zero-order valence-corrected chi connectivity index (χ0v) is 15.6. The number of benzene rings is 1. The third-order valence-electron chi connectivity index (χ3n) is 6.93. The van der Waals surface area contributed by atoms with E-state index in [4.69, 9.17) is 0 Å². The highest BCUT2D eigenvalue weighted by molar-refractivity contribution is 7.14. The Bertz CT molecular complexity index is 858. The summed E-state index contributed by atoms with van der Waals surface area (Å²) in [5.41, 5.74) is 0.555. The van der Waals surface area contributed by atoms with E-state index in [0.29, 0.717) is 11.6 Å². The number of hydrogen-bond donors (Lipinski definition) is 1. The lowest BCUT2D eigenvalue weighted by molar-refractivity contribution is -0.131. The number of thiazole rings is 1. The Hall–Kier alpha value is -2.01. The largest absolute Gasteiger partial charge is 0.301 e. The Labute approximate surface area is 151 Å². The van der Waals surface area contributed by atoms with Gasteiger partial charge in [-0.3, -0.25) is 9.59 Å². The number of carbonyl (C=O) groups excluding carboxylic acids is 2. The van der Waals surface area contributed by atoms with Crippen LogP contribution in [0.3, 0.4) is 0 Å². The fourth-order valence-electron chi connectivity index (χ4n) is 4.65. The van der Waals surface area contributed by atoms with Crippen LogP contribution in [0.25, 0.3) is 11.3 Å². The van der Waals surface area contributed by atoms with Crippen molar-refractivity contribution >= 4 is 28.2 Å². The maximum absolute atomic E-state index is 13.1. The molecule has 130 valence electrons. The van der Waals surface area contributed by atoms with E-state index in [0.717, 1.165) is 24.1 Å². The van der Waals surface area contributed by atoms with Crippen LogP contribution in [0.4, 0.5) is 5.13 Å². The zero-order valence-electron chi connectivity index (χ0n) is 14.8. The third-order valence-corrected chi connectivity index (χ3v) is 7.69. The summed E-state index contributed by atoms with van der Waals surface area (Å²) >= 11 is 1.43. The number of anilines is 1. The topological polar surface area (TPSA) is 59.1 Å². The lowest BCUT2D eigenvalue weighted by Gasteiger charge is -2.38. The van der Waals surface area contributed by atoms with Gasteiger partial charge in [-0.1, -0.05) is 51.1 Å². The van der Waals surface area contributed by atoms with Gasteiger partial charge in [0.05, 0.1) is 11.1 Å². The van der Waals surface area contributed by atoms with Gasteiger partial charge >= 0.3 is 0 Å². The van der Waals surface area contributed by atoms with Gasteiger partial charge in [-0.25, -0.2) is 4.98 Å². The molecule has 2 atom stereocenters. The first kappa shape index (κ1) is 16.5. The van der Waals surface area contributed by atoms with E-state index in [1.807, 2.05) is 42.6 Å². The van der Waals surface area contributed by atoms with Crippen LogP contribution in [-0.4, -0.2) is 16.7 Å². The van der Waals surface area contributed by atoms with Crippen molar-refractivity contribution in [2.75, 3.05) is 5.32 Å². The Morgan fingerprint density at radius 2 is 1.88 bits per heavy atom. The number of nitrogens with one attached hydrogen (secondary N) is 1. The van der Waals surface area contributed by atoms with Crippen molar-refractivity contribution in [3.63, 3.8) is 0 Å². The van der Waals surface area contributed by atoms with E-state index in [2.05, 4.69) is 24.1 Å². The molecule has 2 aliphatic rings. The predicted molar refractivity (Wildman–Crippen MR) is 99.4 cm³/mol. The minimum Gasteiger partial charge on any atom is -0.301 e. The molecule has 1 heterocycles. The van der Waals surface area contributed by atoms with Gasteiger partial charge in [-0.2, -0.15) is 0 Å². The smallest absolute Gasteiger partial charge is 0.233 e. The first-order valence-corrected chi connectivity index (χ1v) is 9.54. The highest BCUT2D eigenvalue weighted by atomic mass is 32.1. The highest BCUT2D eigenvalue weighted by Gasteiger charge is 2.72. The quantitative estimate of drug-likeness (QED) is 0.881. The summed E-state index contributed by atoms with van der Waals surface area (Å²) in [6.45, 7) is 6.16. The number of Topliss-reactive ketones (excluding diaryl/α,β-unsaturated/α-hetero) is 1. The summed E-state index contributed by atoms with van der Waals surface area (Å²) in [4.78, 5) is 30.2. The zero-order chi connectivity index (χ0) is 17.9. The van der Waals surface area contributed by atoms with E-state index >= 15 is 0 Å². The Morgan fingerprint density at radius 1 is 1.16 bits per heavy atom. The summed E-state index contributed by atoms with van der Waals surface area (Å²) < 4.78 is 0. The fraction of sp³-hybridized carbons (Fsp3) is 0.450. The number of hydrogen-bond acceptors (Lipinski definition) is 4. The number of fused-ring (bicyclic) bond motifs is 2. The molecule has 0 spiro atoms. The van der Waals surface area contributed by atoms with Crippen LogP contribution in [0.1, 0.15) is 40.0 Å². The number of amides is 1. The van der Waals surface area contributed by atoms with E-state index in [1.54, 1.807) is 0 Å². The molecule has 2 saturated carbocycles. The molecule has 0 saturated heterocycles. The molecule has 1 N–H and O–H groups in total. The van der Waals surface area contributed by atoms with Gasteiger partial charge in [0, 0.05) is 22.8 Å². The van der Waals surface area contributed by atoms with Crippen molar-refractivity contribution in [1.29, 1.82) is 0 Å². The van der Waals surface area contributed by atoms with Gasteiger partial charge in [0.2, 0.25) is 5.91 Å². The molecule has 0 radical (unpaired) electrons. The average Bonchev–Trinajstić information content (AvgIpc) is 3.17. The summed E-state index contributed by atoms with van der Waals surface area (Å²) in [6, 6.07) is 9.91. The maximum Gasteiger partial charge on any atom is 0.233 e. The summed E-state index contributed by atoms with van der Waals surface area (Å²) in [6.07, 6.45) is 1.91. The molecule has 0 aliphatic heterocycles. The normalized spacial score (nSPS) is 29.8. The third kappa shape index (κ3) is 2.08. The van der Waals surface area contributed by atoms with Crippen molar-refractivity contribution in [2.24, 2.45) is 16.2 Å². The summed E-state index contributed by atoms with van der Waals surface area (Å²) in [7, 11) is 0. The van der Waals surface area contributed by atoms with Crippen molar-refractivity contribution < 1.29 is 9.59 Å². The second-order valence-corrected chi connectivity index (χ2v) is 8.86. The molecule has 4 nitrogen and oxygen atoms in total.